The Morgan fingerprint density at radius 3 is 2.14 bits per heavy atom. The van der Waals surface area contributed by atoms with Gasteiger partial charge in [0.25, 0.3) is 5.91 Å². The van der Waals surface area contributed by atoms with E-state index < -0.39 is 17.7 Å². The summed E-state index contributed by atoms with van der Waals surface area (Å²) in [5, 5.41) is 11.2. The van der Waals surface area contributed by atoms with Crippen molar-refractivity contribution < 1.29 is 28.5 Å². The fourth-order valence-electron chi connectivity index (χ4n) is 2.99. The molecule has 2 rings (SSSR count). The number of carbonyl (C=O) groups excluding carboxylic acids is 2. The maximum atomic E-state index is 13.0. The zero-order valence-electron chi connectivity index (χ0n) is 20.3. The van der Waals surface area contributed by atoms with Gasteiger partial charge in [-0.25, -0.2) is 0 Å². The number of nitrogens with one attached hydrogen (secondary N) is 1. The van der Waals surface area contributed by atoms with Crippen molar-refractivity contribution in [1.82, 2.24) is 0 Å². The largest absolute Gasteiger partial charge is 0.494 e. The molecule has 35 heavy (non-hydrogen) atoms. The van der Waals surface area contributed by atoms with Gasteiger partial charge in [0.1, 0.15) is 16.5 Å². The van der Waals surface area contributed by atoms with Gasteiger partial charge < -0.3 is 24.3 Å². The third kappa shape index (κ3) is 7.47. The van der Waals surface area contributed by atoms with E-state index in [1.54, 1.807) is 39.0 Å². The molecule has 0 fully saturated rings. The highest BCUT2D eigenvalue weighted by Crippen LogP contribution is 2.43. The van der Waals surface area contributed by atoms with Crippen LogP contribution in [0, 0.1) is 0 Å². The van der Waals surface area contributed by atoms with E-state index in [0.29, 0.717) is 43.7 Å². The number of rotatable bonds is 13. The van der Waals surface area contributed by atoms with Crippen LogP contribution < -0.4 is 24.3 Å². The third-order valence-electron chi connectivity index (χ3n) is 4.42. The topological polar surface area (TPSA) is 108 Å². The highest BCUT2D eigenvalue weighted by molar-refractivity contribution is 6.35. The number of nitrogens with zero attached hydrogens (tertiary/aromatic N) is 2. The Labute approximate surface area is 214 Å². The zero-order chi connectivity index (χ0) is 26.0. The Bertz CT molecular complexity index is 1080. The van der Waals surface area contributed by atoms with Crippen LogP contribution in [-0.2, 0) is 9.59 Å². The minimum Gasteiger partial charge on any atom is -0.494 e. The Morgan fingerprint density at radius 1 is 0.914 bits per heavy atom. The predicted molar refractivity (Wildman–Crippen MR) is 135 cm³/mol. The van der Waals surface area contributed by atoms with Crippen LogP contribution in [0.4, 0.5) is 11.4 Å². The van der Waals surface area contributed by atoms with Crippen LogP contribution >= 0.6 is 23.2 Å². The summed E-state index contributed by atoms with van der Waals surface area (Å²) < 4.78 is 22.2. The van der Waals surface area contributed by atoms with E-state index in [1.165, 1.54) is 13.0 Å². The van der Waals surface area contributed by atoms with Crippen molar-refractivity contribution in [3.8, 4) is 23.0 Å². The molecule has 2 aromatic carbocycles. The highest BCUT2D eigenvalue weighted by Gasteiger charge is 2.26. The van der Waals surface area contributed by atoms with Crippen LogP contribution in [0.15, 0.2) is 34.5 Å². The fourth-order valence-corrected chi connectivity index (χ4v) is 3.40. The normalized spacial score (nSPS) is 11.7. The average molecular weight is 526 g/mol. The van der Waals surface area contributed by atoms with Crippen molar-refractivity contribution in [2.75, 3.05) is 31.7 Å². The van der Waals surface area contributed by atoms with Crippen molar-refractivity contribution in [2.24, 2.45) is 10.2 Å². The van der Waals surface area contributed by atoms with Crippen LogP contribution in [0.1, 0.15) is 34.6 Å². The molecular formula is C24H29Cl2N3O6. The number of hydrogen-bond acceptors (Lipinski definition) is 8. The van der Waals surface area contributed by atoms with E-state index in [0.717, 1.165) is 0 Å². The molecule has 0 saturated carbocycles. The van der Waals surface area contributed by atoms with Crippen molar-refractivity contribution in [3.63, 3.8) is 0 Å². The summed E-state index contributed by atoms with van der Waals surface area (Å²) in [7, 11) is 0. The van der Waals surface area contributed by atoms with Crippen molar-refractivity contribution in [1.29, 1.82) is 0 Å². The Kier molecular flexibility index (Phi) is 11.1. The molecule has 1 unspecified atom stereocenters. The van der Waals surface area contributed by atoms with Crippen LogP contribution in [0.2, 0.25) is 10.0 Å². The number of Topliss-reactive ketones (excluding diaryl/α,β-unsaturated/α-hetero) is 1. The van der Waals surface area contributed by atoms with Gasteiger partial charge in [-0.1, -0.05) is 23.2 Å². The number of ether oxygens (including phenoxy) is 4. The molecule has 190 valence electrons. The van der Waals surface area contributed by atoms with E-state index in [9.17, 15) is 9.59 Å². The third-order valence-corrected chi connectivity index (χ3v) is 5.11. The molecule has 11 heteroatoms. The molecule has 9 nitrogen and oxygen atoms in total. The lowest BCUT2D eigenvalue weighted by atomic mass is 10.2. The number of halogens is 2. The molecule has 1 N–H and O–H groups in total. The number of carbonyl (C=O) groups is 2. The molecule has 1 amide bonds. The van der Waals surface area contributed by atoms with Crippen LogP contribution in [0.5, 0.6) is 23.0 Å². The number of azo groups is 1. The zero-order valence-corrected chi connectivity index (χ0v) is 21.8. The lowest BCUT2D eigenvalue weighted by Crippen LogP contribution is -2.32. The smallest absolute Gasteiger partial charge is 0.258 e. The van der Waals surface area contributed by atoms with Gasteiger partial charge in [-0.3, -0.25) is 9.59 Å². The number of amides is 1. The summed E-state index contributed by atoms with van der Waals surface area (Å²) in [6, 6.07) is 4.91. The molecule has 1 atom stereocenters. The lowest BCUT2D eigenvalue weighted by molar-refractivity contribution is -0.126. The minimum atomic E-state index is -1.47. The van der Waals surface area contributed by atoms with Crippen LogP contribution in [-0.4, -0.2) is 44.2 Å². The van der Waals surface area contributed by atoms with E-state index in [4.69, 9.17) is 42.1 Å². The number of anilines is 1. The second-order valence-electron chi connectivity index (χ2n) is 6.96. The van der Waals surface area contributed by atoms with Gasteiger partial charge in [0.2, 0.25) is 6.04 Å². The summed E-state index contributed by atoms with van der Waals surface area (Å²) in [6.45, 7) is 9.86. The molecule has 0 aromatic heterocycles. The molecule has 0 radical (unpaired) electrons. The highest BCUT2D eigenvalue weighted by atomic mass is 35.5. The maximum absolute atomic E-state index is 13.0. The van der Waals surface area contributed by atoms with Gasteiger partial charge >= 0.3 is 0 Å². The molecule has 0 aliphatic rings. The average Bonchev–Trinajstić information content (AvgIpc) is 2.80. The summed E-state index contributed by atoms with van der Waals surface area (Å²) in [5.74, 6) is 0.0841. The molecule has 0 saturated heterocycles. The Hall–Kier alpha value is -3.04. The van der Waals surface area contributed by atoms with Crippen molar-refractivity contribution in [2.45, 2.75) is 40.7 Å². The SMILES string of the molecule is CCOc1cc(NC(=O)C(N=Nc2c(OCC)ccc(Cl)c2OCC)C(C)=O)c(Cl)c(OCC)c1. The molecule has 0 heterocycles. The quantitative estimate of drug-likeness (QED) is 0.244. The minimum absolute atomic E-state index is 0.162. The summed E-state index contributed by atoms with van der Waals surface area (Å²) >= 11 is 12.7. The first-order chi connectivity index (χ1) is 16.8. The fraction of sp³-hybridized carbons (Fsp3) is 0.417. The van der Waals surface area contributed by atoms with Gasteiger partial charge in [0.15, 0.2) is 23.0 Å². The molecule has 0 aliphatic heterocycles. The van der Waals surface area contributed by atoms with E-state index >= 15 is 0 Å². The van der Waals surface area contributed by atoms with Gasteiger partial charge in [0, 0.05) is 12.1 Å². The molecule has 0 bridgehead atoms. The van der Waals surface area contributed by atoms with Gasteiger partial charge in [-0.05, 0) is 46.8 Å². The van der Waals surface area contributed by atoms with E-state index in [-0.39, 0.29) is 27.2 Å². The predicted octanol–water partition coefficient (Wildman–Crippen LogP) is 6.27. The van der Waals surface area contributed by atoms with Gasteiger partial charge in [0.05, 0.1) is 37.1 Å². The Balaban J connectivity index is 2.43. The first kappa shape index (κ1) is 28.2. The number of ketones is 1. The molecule has 0 spiro atoms. The summed E-state index contributed by atoms with van der Waals surface area (Å²) in [6.07, 6.45) is 0. The molecule has 0 aliphatic carbocycles. The monoisotopic (exact) mass is 525 g/mol. The van der Waals surface area contributed by atoms with Crippen LogP contribution in [0.25, 0.3) is 0 Å². The number of benzene rings is 2. The van der Waals surface area contributed by atoms with Crippen molar-refractivity contribution in [3.05, 3.63) is 34.3 Å². The van der Waals surface area contributed by atoms with E-state index in [2.05, 4.69) is 15.5 Å². The molecule has 2 aromatic rings. The first-order valence-electron chi connectivity index (χ1n) is 11.2. The summed E-state index contributed by atoms with van der Waals surface area (Å²) in [4.78, 5) is 25.4. The second kappa shape index (κ2) is 13.7. The van der Waals surface area contributed by atoms with Gasteiger partial charge in [-0.2, -0.15) is 5.11 Å². The van der Waals surface area contributed by atoms with E-state index in [1.807, 2.05) is 6.92 Å². The summed E-state index contributed by atoms with van der Waals surface area (Å²) in [5.41, 5.74) is 0.385. The van der Waals surface area contributed by atoms with Crippen molar-refractivity contribution >= 4 is 46.3 Å². The Morgan fingerprint density at radius 2 is 1.54 bits per heavy atom. The van der Waals surface area contributed by atoms with Crippen LogP contribution in [0.3, 0.4) is 0 Å². The van der Waals surface area contributed by atoms with Gasteiger partial charge in [-0.15, -0.1) is 5.11 Å². The maximum Gasteiger partial charge on any atom is 0.258 e. The first-order valence-corrected chi connectivity index (χ1v) is 11.9. The molecular weight excluding hydrogens is 497 g/mol. The lowest BCUT2D eigenvalue weighted by Gasteiger charge is -2.16. The number of hydrogen-bond donors (Lipinski definition) is 1. The second-order valence-corrected chi connectivity index (χ2v) is 7.74. The standard InChI is InChI=1S/C24H29Cl2N3O6/c1-6-32-15-12-17(20(26)19(13-15)34-8-3)27-24(31)21(14(5)30)28-29-22-18(33-7-2)11-10-16(25)23(22)35-9-4/h10-13,21H,6-9H2,1-5H3,(H,27,31).